The highest BCUT2D eigenvalue weighted by Gasteiger charge is 2.64. The smallest absolute Gasteiger partial charge is 0.0104 e. The van der Waals surface area contributed by atoms with E-state index >= 15 is 0 Å². The van der Waals surface area contributed by atoms with Gasteiger partial charge in [-0.2, -0.15) is 0 Å². The molecule has 3 aliphatic rings. The van der Waals surface area contributed by atoms with Gasteiger partial charge in [0.2, 0.25) is 0 Å². The van der Waals surface area contributed by atoms with Crippen molar-refractivity contribution in [3.63, 3.8) is 0 Å². The summed E-state index contributed by atoms with van der Waals surface area (Å²) in [6, 6.07) is 0. The molecule has 2 bridgehead atoms. The van der Waals surface area contributed by atoms with Crippen molar-refractivity contribution < 1.29 is 0 Å². The summed E-state index contributed by atoms with van der Waals surface area (Å²) in [6.07, 6.45) is 4.71. The van der Waals surface area contributed by atoms with E-state index in [1.807, 2.05) is 0 Å². The number of hydrogen-bond acceptors (Lipinski definition) is 2. The molecule has 0 spiro atoms. The maximum absolute atomic E-state index is 3.41. The molecule has 2 heteroatoms. The van der Waals surface area contributed by atoms with Crippen LogP contribution in [-0.2, 0) is 0 Å². The minimum Gasteiger partial charge on any atom is -0.316 e. The molecular weight excluding hydrogens is 196 g/mol. The van der Waals surface area contributed by atoms with Gasteiger partial charge in [-0.25, -0.2) is 0 Å². The fraction of sp³-hybridized carbons (Fsp3) is 1.00. The lowest BCUT2D eigenvalue weighted by Crippen LogP contribution is -2.31. The molecule has 1 N–H and O–H groups in total. The van der Waals surface area contributed by atoms with Crippen molar-refractivity contribution >= 4 is 0 Å². The van der Waals surface area contributed by atoms with E-state index < -0.39 is 0 Å². The van der Waals surface area contributed by atoms with E-state index in [2.05, 4.69) is 24.2 Å². The van der Waals surface area contributed by atoms with Crippen LogP contribution in [0.5, 0.6) is 0 Å². The molecule has 92 valence electrons. The van der Waals surface area contributed by atoms with Crippen LogP contribution in [0.4, 0.5) is 0 Å². The summed E-state index contributed by atoms with van der Waals surface area (Å²) in [4.78, 5) is 2.55. The molecule has 3 saturated carbocycles. The standard InChI is InChI=1S/C14H26N2/c1-3-15-6-7-16(2)9-12-13-10-4-5-11(8-10)14(12)13/h10-15H,3-9H2,1-2H3. The van der Waals surface area contributed by atoms with Crippen molar-refractivity contribution in [1.29, 1.82) is 0 Å². The minimum absolute atomic E-state index is 1.08. The highest BCUT2D eigenvalue weighted by atomic mass is 15.1. The summed E-state index contributed by atoms with van der Waals surface area (Å²) >= 11 is 0. The Morgan fingerprint density at radius 1 is 1.19 bits per heavy atom. The molecule has 0 amide bonds. The van der Waals surface area contributed by atoms with Crippen LogP contribution in [0.1, 0.15) is 26.2 Å². The first kappa shape index (κ1) is 11.0. The van der Waals surface area contributed by atoms with Gasteiger partial charge in [0.1, 0.15) is 0 Å². The lowest BCUT2D eigenvalue weighted by Gasteiger charge is -2.18. The zero-order chi connectivity index (χ0) is 11.1. The Kier molecular flexibility index (Phi) is 2.97. The quantitative estimate of drug-likeness (QED) is 0.690. The fourth-order valence-corrected chi connectivity index (χ4v) is 4.65. The first-order chi connectivity index (χ1) is 7.81. The number of hydrogen-bond donors (Lipinski definition) is 1. The molecular formula is C14H26N2. The Balaban J connectivity index is 1.41. The monoisotopic (exact) mass is 222 g/mol. The summed E-state index contributed by atoms with van der Waals surface area (Å²) in [5.41, 5.74) is 0. The molecule has 0 heterocycles. The summed E-state index contributed by atoms with van der Waals surface area (Å²) in [5.74, 6) is 5.67. The predicted octanol–water partition coefficient (Wildman–Crippen LogP) is 1.82. The first-order valence-electron chi connectivity index (χ1n) is 7.20. The van der Waals surface area contributed by atoms with Crippen LogP contribution in [0, 0.1) is 29.6 Å². The Labute approximate surface area is 99.8 Å². The van der Waals surface area contributed by atoms with E-state index in [0.29, 0.717) is 0 Å². The largest absolute Gasteiger partial charge is 0.316 e. The van der Waals surface area contributed by atoms with E-state index in [4.69, 9.17) is 0 Å². The highest BCUT2D eigenvalue weighted by Crippen LogP contribution is 2.69. The Morgan fingerprint density at radius 2 is 1.88 bits per heavy atom. The molecule has 0 aromatic heterocycles. The van der Waals surface area contributed by atoms with Gasteiger partial charge in [-0.05, 0) is 62.4 Å². The van der Waals surface area contributed by atoms with Crippen LogP contribution in [0.15, 0.2) is 0 Å². The van der Waals surface area contributed by atoms with E-state index in [1.165, 1.54) is 13.1 Å². The van der Waals surface area contributed by atoms with Gasteiger partial charge in [0.25, 0.3) is 0 Å². The van der Waals surface area contributed by atoms with Gasteiger partial charge in [-0.3, -0.25) is 0 Å². The Morgan fingerprint density at radius 3 is 2.50 bits per heavy atom. The van der Waals surface area contributed by atoms with E-state index in [-0.39, 0.29) is 0 Å². The third-order valence-electron chi connectivity index (χ3n) is 5.34. The van der Waals surface area contributed by atoms with Crippen LogP contribution in [-0.4, -0.2) is 38.1 Å². The fourth-order valence-electron chi connectivity index (χ4n) is 4.65. The van der Waals surface area contributed by atoms with Crippen molar-refractivity contribution in [3.05, 3.63) is 0 Å². The molecule has 0 aromatic carbocycles. The molecule has 16 heavy (non-hydrogen) atoms. The number of nitrogens with zero attached hydrogens (tertiary/aromatic N) is 1. The van der Waals surface area contributed by atoms with Gasteiger partial charge >= 0.3 is 0 Å². The van der Waals surface area contributed by atoms with E-state index in [9.17, 15) is 0 Å². The molecule has 3 fully saturated rings. The van der Waals surface area contributed by atoms with Crippen molar-refractivity contribution in [2.45, 2.75) is 26.2 Å². The van der Waals surface area contributed by atoms with Crippen molar-refractivity contribution in [2.75, 3.05) is 33.2 Å². The van der Waals surface area contributed by atoms with Gasteiger partial charge in [0, 0.05) is 19.6 Å². The SMILES string of the molecule is CCNCCN(C)CC1C2C3CCC(C3)C12. The van der Waals surface area contributed by atoms with Gasteiger partial charge < -0.3 is 10.2 Å². The number of nitrogens with one attached hydrogen (secondary N) is 1. The Hall–Kier alpha value is -0.0800. The van der Waals surface area contributed by atoms with E-state index in [0.717, 1.165) is 42.7 Å². The second-order valence-corrected chi connectivity index (χ2v) is 6.27. The second-order valence-electron chi connectivity index (χ2n) is 6.27. The summed E-state index contributed by atoms with van der Waals surface area (Å²) < 4.78 is 0. The van der Waals surface area contributed by atoms with Crippen LogP contribution < -0.4 is 5.32 Å². The van der Waals surface area contributed by atoms with Crippen LogP contribution in [0.25, 0.3) is 0 Å². The summed E-state index contributed by atoms with van der Waals surface area (Å²) in [5, 5.41) is 3.41. The lowest BCUT2D eigenvalue weighted by molar-refractivity contribution is 0.288. The predicted molar refractivity (Wildman–Crippen MR) is 67.3 cm³/mol. The molecule has 0 saturated heterocycles. The third kappa shape index (κ3) is 1.80. The minimum atomic E-state index is 1.08. The van der Waals surface area contributed by atoms with Gasteiger partial charge in [-0.15, -0.1) is 0 Å². The summed E-state index contributed by atoms with van der Waals surface area (Å²) in [7, 11) is 2.30. The maximum Gasteiger partial charge on any atom is 0.0104 e. The second kappa shape index (κ2) is 4.30. The number of likely N-dealkylation sites (N-methyl/N-ethyl adjacent to an activating group) is 2. The van der Waals surface area contributed by atoms with Crippen LogP contribution in [0.3, 0.4) is 0 Å². The molecule has 2 nitrogen and oxygen atoms in total. The first-order valence-corrected chi connectivity index (χ1v) is 7.20. The number of rotatable bonds is 6. The topological polar surface area (TPSA) is 15.3 Å². The normalized spacial score (nSPS) is 44.1. The lowest BCUT2D eigenvalue weighted by atomic mass is 10.0. The molecule has 4 atom stereocenters. The molecule has 0 radical (unpaired) electrons. The molecule has 3 rings (SSSR count). The zero-order valence-corrected chi connectivity index (χ0v) is 10.8. The van der Waals surface area contributed by atoms with E-state index in [1.54, 1.807) is 19.3 Å². The highest BCUT2D eigenvalue weighted by molar-refractivity contribution is 5.13. The van der Waals surface area contributed by atoms with Gasteiger partial charge in [0.05, 0.1) is 0 Å². The van der Waals surface area contributed by atoms with Gasteiger partial charge in [-0.1, -0.05) is 6.92 Å². The number of fused-ring (bicyclic) bond motifs is 5. The molecule has 0 aromatic rings. The van der Waals surface area contributed by atoms with Crippen molar-refractivity contribution in [3.8, 4) is 0 Å². The molecule has 3 aliphatic carbocycles. The zero-order valence-electron chi connectivity index (χ0n) is 10.8. The molecule has 4 unspecified atom stereocenters. The van der Waals surface area contributed by atoms with Crippen LogP contribution in [0.2, 0.25) is 0 Å². The van der Waals surface area contributed by atoms with Crippen LogP contribution >= 0.6 is 0 Å². The van der Waals surface area contributed by atoms with Gasteiger partial charge in [0.15, 0.2) is 0 Å². The average Bonchev–Trinajstić information content (AvgIpc) is 2.70. The summed E-state index contributed by atoms with van der Waals surface area (Å²) in [6.45, 7) is 7.03. The molecule has 0 aliphatic heterocycles. The maximum atomic E-state index is 3.41. The van der Waals surface area contributed by atoms with Crippen molar-refractivity contribution in [2.24, 2.45) is 29.6 Å². The van der Waals surface area contributed by atoms with Crippen molar-refractivity contribution in [1.82, 2.24) is 10.2 Å². The third-order valence-corrected chi connectivity index (χ3v) is 5.34. The average molecular weight is 222 g/mol. The Bertz CT molecular complexity index is 237.